The summed E-state index contributed by atoms with van der Waals surface area (Å²) in [6.07, 6.45) is 0.833. The number of rotatable bonds is 1. The monoisotopic (exact) mass is 240 g/mol. The van der Waals surface area contributed by atoms with Crippen molar-refractivity contribution in [1.82, 2.24) is 0 Å². The Kier molecular flexibility index (Phi) is 2.51. The van der Waals surface area contributed by atoms with Gasteiger partial charge in [0.15, 0.2) is 5.67 Å². The maximum Gasteiger partial charge on any atom is 0.204 e. The lowest BCUT2D eigenvalue weighted by Crippen LogP contribution is -2.36. The summed E-state index contributed by atoms with van der Waals surface area (Å²) in [5.74, 6) is -0.407. The average molecular weight is 240 g/mol. The zero-order valence-electron chi connectivity index (χ0n) is 9.90. The van der Waals surface area contributed by atoms with Crippen LogP contribution in [0.3, 0.4) is 0 Å². The fraction of sp³-hybridized carbons (Fsp3) is 0.188. The molecule has 0 amide bonds. The number of carbonyl (C=O) groups is 1. The lowest BCUT2D eigenvalue weighted by Gasteiger charge is -2.29. The molecule has 0 unspecified atom stereocenters. The van der Waals surface area contributed by atoms with Gasteiger partial charge in [0.05, 0.1) is 0 Å². The van der Waals surface area contributed by atoms with E-state index in [1.54, 1.807) is 36.4 Å². The Morgan fingerprint density at radius 1 is 0.944 bits per heavy atom. The minimum Gasteiger partial charge on any atom is -0.290 e. The number of hydrogen-bond acceptors (Lipinski definition) is 1. The number of halogens is 1. The highest BCUT2D eigenvalue weighted by Crippen LogP contribution is 2.39. The van der Waals surface area contributed by atoms with Crippen LogP contribution in [0.15, 0.2) is 54.6 Å². The first kappa shape index (κ1) is 11.1. The van der Waals surface area contributed by atoms with Crippen molar-refractivity contribution in [3.8, 4) is 0 Å². The minimum atomic E-state index is -1.87. The molecule has 1 atom stereocenters. The molecule has 0 aromatic heterocycles. The standard InChI is InChI=1S/C16H13FO/c17-16(13-7-2-1-3-8-13)11-10-12-6-4-5-9-14(12)15(16)18/h1-9H,10-11H2/t16-/m1/s1. The fourth-order valence-electron chi connectivity index (χ4n) is 2.57. The minimum absolute atomic E-state index is 0.229. The van der Waals surface area contributed by atoms with E-state index in [9.17, 15) is 4.79 Å². The number of hydrogen-bond donors (Lipinski definition) is 0. The van der Waals surface area contributed by atoms with Gasteiger partial charge in [0.1, 0.15) is 0 Å². The Bertz CT molecular complexity index is 591. The highest BCUT2D eigenvalue weighted by atomic mass is 19.1. The zero-order chi connectivity index (χ0) is 12.6. The van der Waals surface area contributed by atoms with Crippen LogP contribution in [-0.4, -0.2) is 5.78 Å². The van der Waals surface area contributed by atoms with Gasteiger partial charge in [-0.25, -0.2) is 4.39 Å². The SMILES string of the molecule is O=C1c2ccccc2CC[C@@]1(F)c1ccccc1. The van der Waals surface area contributed by atoms with E-state index in [0.717, 1.165) is 5.56 Å². The molecule has 0 fully saturated rings. The van der Waals surface area contributed by atoms with Gasteiger partial charge in [0.2, 0.25) is 5.78 Å². The number of aryl methyl sites for hydroxylation is 1. The van der Waals surface area contributed by atoms with Crippen molar-refractivity contribution in [1.29, 1.82) is 0 Å². The third kappa shape index (κ3) is 1.57. The van der Waals surface area contributed by atoms with Crippen LogP contribution >= 0.6 is 0 Å². The van der Waals surface area contributed by atoms with Gasteiger partial charge >= 0.3 is 0 Å². The van der Waals surface area contributed by atoms with Gasteiger partial charge in [-0.3, -0.25) is 4.79 Å². The summed E-state index contributed by atoms with van der Waals surface area (Å²) in [5.41, 5.74) is 0.0709. The van der Waals surface area contributed by atoms with Gasteiger partial charge in [0.25, 0.3) is 0 Å². The highest BCUT2D eigenvalue weighted by Gasteiger charge is 2.44. The molecule has 3 rings (SSSR count). The molecule has 1 aliphatic carbocycles. The summed E-state index contributed by atoms with van der Waals surface area (Å²) in [5, 5.41) is 0. The van der Waals surface area contributed by atoms with E-state index in [4.69, 9.17) is 0 Å². The molecule has 1 aliphatic rings. The molecular formula is C16H13FO. The molecule has 2 heteroatoms. The van der Waals surface area contributed by atoms with Crippen molar-refractivity contribution in [2.24, 2.45) is 0 Å². The molecule has 0 heterocycles. The Balaban J connectivity index is 2.10. The number of Topliss-reactive ketones (excluding diaryl/α,β-unsaturated/α-hetero) is 1. The second-order valence-corrected chi connectivity index (χ2v) is 4.65. The van der Waals surface area contributed by atoms with Crippen molar-refractivity contribution < 1.29 is 9.18 Å². The molecule has 0 spiro atoms. The van der Waals surface area contributed by atoms with E-state index in [1.807, 2.05) is 18.2 Å². The summed E-state index contributed by atoms with van der Waals surface area (Å²) in [4.78, 5) is 12.4. The van der Waals surface area contributed by atoms with Gasteiger partial charge in [-0.1, -0.05) is 54.6 Å². The van der Waals surface area contributed by atoms with Gasteiger partial charge in [-0.05, 0) is 24.0 Å². The van der Waals surface area contributed by atoms with Gasteiger partial charge in [-0.15, -0.1) is 0 Å². The van der Waals surface area contributed by atoms with E-state index in [0.29, 0.717) is 17.5 Å². The first-order valence-corrected chi connectivity index (χ1v) is 6.09. The van der Waals surface area contributed by atoms with Gasteiger partial charge in [-0.2, -0.15) is 0 Å². The molecule has 90 valence electrons. The smallest absolute Gasteiger partial charge is 0.204 e. The third-order valence-electron chi connectivity index (χ3n) is 3.59. The van der Waals surface area contributed by atoms with Crippen LogP contribution in [0, 0.1) is 0 Å². The number of carbonyl (C=O) groups excluding carboxylic acids is 1. The summed E-state index contributed by atoms with van der Waals surface area (Å²) in [6.45, 7) is 0. The van der Waals surface area contributed by atoms with Gasteiger partial charge < -0.3 is 0 Å². The van der Waals surface area contributed by atoms with Crippen molar-refractivity contribution in [2.45, 2.75) is 18.5 Å². The maximum atomic E-state index is 15.0. The molecule has 2 aromatic rings. The molecule has 0 saturated carbocycles. The van der Waals surface area contributed by atoms with Gasteiger partial charge in [0, 0.05) is 5.56 Å². The summed E-state index contributed by atoms with van der Waals surface area (Å²) in [7, 11) is 0. The first-order chi connectivity index (χ1) is 8.72. The van der Waals surface area contributed by atoms with E-state index in [2.05, 4.69) is 0 Å². The number of ketones is 1. The van der Waals surface area contributed by atoms with Crippen molar-refractivity contribution in [2.75, 3.05) is 0 Å². The molecule has 0 radical (unpaired) electrons. The van der Waals surface area contributed by atoms with Crippen LogP contribution in [0.1, 0.15) is 27.9 Å². The second-order valence-electron chi connectivity index (χ2n) is 4.65. The second kappa shape index (κ2) is 4.05. The molecule has 1 nitrogen and oxygen atoms in total. The van der Waals surface area contributed by atoms with Crippen molar-refractivity contribution in [3.63, 3.8) is 0 Å². The molecule has 0 bridgehead atoms. The van der Waals surface area contributed by atoms with Crippen molar-refractivity contribution in [3.05, 3.63) is 71.3 Å². The Morgan fingerprint density at radius 3 is 2.39 bits per heavy atom. The topological polar surface area (TPSA) is 17.1 Å². The molecule has 2 aromatic carbocycles. The summed E-state index contributed by atoms with van der Waals surface area (Å²) < 4.78 is 15.0. The van der Waals surface area contributed by atoms with Crippen molar-refractivity contribution >= 4 is 5.78 Å². The lowest BCUT2D eigenvalue weighted by atomic mass is 9.77. The quantitative estimate of drug-likeness (QED) is 0.743. The van der Waals surface area contributed by atoms with Crippen LogP contribution in [0.4, 0.5) is 4.39 Å². The van der Waals surface area contributed by atoms with Crippen LogP contribution in [0.5, 0.6) is 0 Å². The Labute approximate surface area is 105 Å². The number of benzene rings is 2. The highest BCUT2D eigenvalue weighted by molar-refractivity contribution is 6.05. The Morgan fingerprint density at radius 2 is 1.61 bits per heavy atom. The van der Waals surface area contributed by atoms with E-state index >= 15 is 4.39 Å². The lowest BCUT2D eigenvalue weighted by molar-refractivity contribution is 0.0630. The first-order valence-electron chi connectivity index (χ1n) is 6.09. The van der Waals surface area contributed by atoms with Crippen LogP contribution in [0.25, 0.3) is 0 Å². The fourth-order valence-corrected chi connectivity index (χ4v) is 2.57. The Hall–Kier alpha value is -1.96. The van der Waals surface area contributed by atoms with Crippen LogP contribution in [-0.2, 0) is 12.1 Å². The third-order valence-corrected chi connectivity index (χ3v) is 3.59. The predicted octanol–water partition coefficient (Wildman–Crippen LogP) is 3.68. The normalized spacial score (nSPS) is 22.6. The molecule has 0 saturated heterocycles. The van der Waals surface area contributed by atoms with E-state index in [1.165, 1.54) is 0 Å². The zero-order valence-corrected chi connectivity index (χ0v) is 9.90. The van der Waals surface area contributed by atoms with E-state index in [-0.39, 0.29) is 6.42 Å². The number of alkyl halides is 1. The number of fused-ring (bicyclic) bond motifs is 1. The van der Waals surface area contributed by atoms with Crippen LogP contribution < -0.4 is 0 Å². The summed E-state index contributed by atoms with van der Waals surface area (Å²) >= 11 is 0. The molecule has 18 heavy (non-hydrogen) atoms. The van der Waals surface area contributed by atoms with Crippen LogP contribution in [0.2, 0.25) is 0 Å². The average Bonchev–Trinajstić information content (AvgIpc) is 2.44. The predicted molar refractivity (Wildman–Crippen MR) is 68.3 cm³/mol. The largest absolute Gasteiger partial charge is 0.290 e. The molecule has 0 aliphatic heterocycles. The van der Waals surface area contributed by atoms with E-state index < -0.39 is 11.5 Å². The maximum absolute atomic E-state index is 15.0. The molecule has 0 N–H and O–H groups in total. The summed E-state index contributed by atoms with van der Waals surface area (Å²) in [6, 6.07) is 16.0. The molecular weight excluding hydrogens is 227 g/mol.